The minimum absolute atomic E-state index is 0.829. The standard InChI is InChI=1S/C14H16ClN/c15-13-7-3-6-12-11(9-16-14(12)13)8-10-4-1-2-5-10/h3,6-7,9-10,16H,1-2,4-5,8H2. The smallest absolute Gasteiger partial charge is 0.0647 e. The molecular formula is C14H16ClN. The Morgan fingerprint density at radius 3 is 2.88 bits per heavy atom. The van der Waals surface area contributed by atoms with E-state index in [1.165, 1.54) is 43.1 Å². The monoisotopic (exact) mass is 233 g/mol. The van der Waals surface area contributed by atoms with Crippen LogP contribution in [0.1, 0.15) is 31.2 Å². The van der Waals surface area contributed by atoms with Crippen molar-refractivity contribution in [3.8, 4) is 0 Å². The number of nitrogens with one attached hydrogen (secondary N) is 1. The van der Waals surface area contributed by atoms with E-state index in [4.69, 9.17) is 11.6 Å². The molecule has 0 saturated heterocycles. The van der Waals surface area contributed by atoms with Crippen molar-refractivity contribution in [2.24, 2.45) is 5.92 Å². The molecule has 0 aliphatic heterocycles. The molecule has 0 radical (unpaired) electrons. The molecule has 0 atom stereocenters. The van der Waals surface area contributed by atoms with Crippen LogP contribution in [0, 0.1) is 5.92 Å². The summed E-state index contributed by atoms with van der Waals surface area (Å²) in [6, 6.07) is 6.15. The van der Waals surface area contributed by atoms with Gasteiger partial charge in [0.2, 0.25) is 0 Å². The molecule has 0 unspecified atom stereocenters. The lowest BCUT2D eigenvalue weighted by Gasteiger charge is -2.07. The molecule has 0 bridgehead atoms. The first-order chi connectivity index (χ1) is 7.84. The predicted molar refractivity (Wildman–Crippen MR) is 69.0 cm³/mol. The maximum absolute atomic E-state index is 6.16. The summed E-state index contributed by atoms with van der Waals surface area (Å²) in [5.74, 6) is 0.887. The molecule has 1 nitrogen and oxygen atoms in total. The van der Waals surface area contributed by atoms with Crippen molar-refractivity contribution in [1.82, 2.24) is 4.98 Å². The van der Waals surface area contributed by atoms with Gasteiger partial charge in [0.05, 0.1) is 10.5 Å². The number of H-pyrrole nitrogens is 1. The van der Waals surface area contributed by atoms with Gasteiger partial charge in [-0.3, -0.25) is 0 Å². The number of hydrogen-bond acceptors (Lipinski definition) is 0. The van der Waals surface area contributed by atoms with E-state index in [0.717, 1.165) is 16.5 Å². The highest BCUT2D eigenvalue weighted by atomic mass is 35.5. The molecule has 2 heteroatoms. The van der Waals surface area contributed by atoms with Crippen molar-refractivity contribution in [3.05, 3.63) is 35.0 Å². The number of hydrogen-bond donors (Lipinski definition) is 1. The number of para-hydroxylation sites is 1. The third-order valence-electron chi connectivity index (χ3n) is 3.73. The van der Waals surface area contributed by atoms with Crippen LogP contribution in [-0.2, 0) is 6.42 Å². The second-order valence-electron chi connectivity index (χ2n) is 4.83. The van der Waals surface area contributed by atoms with Crippen LogP contribution in [0.4, 0.5) is 0 Å². The summed E-state index contributed by atoms with van der Waals surface area (Å²) in [7, 11) is 0. The molecule has 1 aliphatic carbocycles. The van der Waals surface area contributed by atoms with Gasteiger partial charge in [0.1, 0.15) is 0 Å². The average Bonchev–Trinajstić information content (AvgIpc) is 2.90. The summed E-state index contributed by atoms with van der Waals surface area (Å²) >= 11 is 6.16. The van der Waals surface area contributed by atoms with E-state index >= 15 is 0 Å². The van der Waals surface area contributed by atoms with Gasteiger partial charge >= 0.3 is 0 Å². The lowest BCUT2D eigenvalue weighted by Crippen LogP contribution is -1.97. The Balaban J connectivity index is 1.94. The topological polar surface area (TPSA) is 15.8 Å². The maximum Gasteiger partial charge on any atom is 0.0647 e. The number of halogens is 1. The van der Waals surface area contributed by atoms with E-state index in [2.05, 4.69) is 17.2 Å². The van der Waals surface area contributed by atoms with Crippen LogP contribution in [0.15, 0.2) is 24.4 Å². The molecule has 1 saturated carbocycles. The Bertz CT molecular complexity index is 494. The minimum Gasteiger partial charge on any atom is -0.360 e. The third kappa shape index (κ3) is 1.73. The van der Waals surface area contributed by atoms with Crippen LogP contribution < -0.4 is 0 Å². The summed E-state index contributed by atoms with van der Waals surface area (Å²) < 4.78 is 0. The van der Waals surface area contributed by atoms with Gasteiger partial charge in [0.15, 0.2) is 0 Å². The van der Waals surface area contributed by atoms with Gasteiger partial charge in [-0.15, -0.1) is 0 Å². The average molecular weight is 234 g/mol. The van der Waals surface area contributed by atoms with Crippen molar-refractivity contribution < 1.29 is 0 Å². The largest absolute Gasteiger partial charge is 0.360 e. The van der Waals surface area contributed by atoms with Gasteiger partial charge < -0.3 is 4.98 Å². The lowest BCUT2D eigenvalue weighted by atomic mass is 9.98. The molecule has 1 fully saturated rings. The second kappa shape index (κ2) is 4.14. The fourth-order valence-electron chi connectivity index (χ4n) is 2.87. The first-order valence-electron chi connectivity index (χ1n) is 6.09. The van der Waals surface area contributed by atoms with Crippen LogP contribution >= 0.6 is 11.6 Å². The summed E-state index contributed by atoms with van der Waals surface area (Å²) in [4.78, 5) is 3.30. The van der Waals surface area contributed by atoms with Crippen molar-refractivity contribution in [1.29, 1.82) is 0 Å². The highest BCUT2D eigenvalue weighted by Gasteiger charge is 2.17. The summed E-state index contributed by atoms with van der Waals surface area (Å²) in [6.07, 6.45) is 8.96. The van der Waals surface area contributed by atoms with Crippen LogP contribution in [-0.4, -0.2) is 4.98 Å². The van der Waals surface area contributed by atoms with E-state index in [-0.39, 0.29) is 0 Å². The van der Waals surface area contributed by atoms with Gasteiger partial charge in [0, 0.05) is 11.6 Å². The molecule has 0 spiro atoms. The van der Waals surface area contributed by atoms with Crippen molar-refractivity contribution in [2.45, 2.75) is 32.1 Å². The van der Waals surface area contributed by atoms with Gasteiger partial charge in [-0.1, -0.05) is 49.4 Å². The van der Waals surface area contributed by atoms with Crippen molar-refractivity contribution in [2.75, 3.05) is 0 Å². The van der Waals surface area contributed by atoms with Crippen molar-refractivity contribution in [3.63, 3.8) is 0 Å². The second-order valence-corrected chi connectivity index (χ2v) is 5.24. The quantitative estimate of drug-likeness (QED) is 0.783. The Morgan fingerprint density at radius 1 is 1.25 bits per heavy atom. The molecule has 1 aliphatic rings. The fourth-order valence-corrected chi connectivity index (χ4v) is 3.10. The molecular weight excluding hydrogens is 218 g/mol. The zero-order valence-electron chi connectivity index (χ0n) is 9.30. The molecule has 1 N–H and O–H groups in total. The highest BCUT2D eigenvalue weighted by Crippen LogP contribution is 2.32. The molecule has 16 heavy (non-hydrogen) atoms. The van der Waals surface area contributed by atoms with Crippen molar-refractivity contribution >= 4 is 22.5 Å². The maximum atomic E-state index is 6.16. The molecule has 1 aromatic carbocycles. The molecule has 3 rings (SSSR count). The van der Waals surface area contributed by atoms with Gasteiger partial charge in [-0.05, 0) is 24.0 Å². The van der Waals surface area contributed by atoms with E-state index in [1.807, 2.05) is 12.1 Å². The van der Waals surface area contributed by atoms with Crippen LogP contribution in [0.2, 0.25) is 5.02 Å². The Morgan fingerprint density at radius 2 is 2.06 bits per heavy atom. The number of aromatic nitrogens is 1. The first kappa shape index (κ1) is 10.2. The van der Waals surface area contributed by atoms with Gasteiger partial charge in [0.25, 0.3) is 0 Å². The van der Waals surface area contributed by atoms with Gasteiger partial charge in [-0.2, -0.15) is 0 Å². The molecule has 84 valence electrons. The third-order valence-corrected chi connectivity index (χ3v) is 4.05. The zero-order chi connectivity index (χ0) is 11.0. The Labute approximate surface area is 101 Å². The number of rotatable bonds is 2. The predicted octanol–water partition coefficient (Wildman–Crippen LogP) is 4.55. The lowest BCUT2D eigenvalue weighted by molar-refractivity contribution is 0.548. The summed E-state index contributed by atoms with van der Waals surface area (Å²) in [6.45, 7) is 0. The van der Waals surface area contributed by atoms with Crippen LogP contribution in [0.5, 0.6) is 0 Å². The summed E-state index contributed by atoms with van der Waals surface area (Å²) in [5.41, 5.74) is 2.53. The highest BCUT2D eigenvalue weighted by molar-refractivity contribution is 6.35. The SMILES string of the molecule is Clc1cccc2c(CC3CCCC3)c[nH]c12. The summed E-state index contributed by atoms with van der Waals surface area (Å²) in [5, 5.41) is 2.13. The fraction of sp³-hybridized carbons (Fsp3) is 0.429. The zero-order valence-corrected chi connectivity index (χ0v) is 10.1. The van der Waals surface area contributed by atoms with Crippen LogP contribution in [0.3, 0.4) is 0 Å². The molecule has 2 aromatic rings. The van der Waals surface area contributed by atoms with Crippen LogP contribution in [0.25, 0.3) is 10.9 Å². The minimum atomic E-state index is 0.829. The first-order valence-corrected chi connectivity index (χ1v) is 6.47. The van der Waals surface area contributed by atoms with E-state index < -0.39 is 0 Å². The van der Waals surface area contributed by atoms with E-state index in [0.29, 0.717) is 0 Å². The van der Waals surface area contributed by atoms with E-state index in [1.54, 1.807) is 0 Å². The molecule has 1 heterocycles. The number of benzene rings is 1. The Hall–Kier alpha value is -0.950. The Kier molecular flexibility index (Phi) is 2.64. The molecule has 0 amide bonds. The molecule has 1 aromatic heterocycles. The number of aromatic amines is 1. The van der Waals surface area contributed by atoms with E-state index in [9.17, 15) is 0 Å². The number of fused-ring (bicyclic) bond motifs is 1. The normalized spacial score (nSPS) is 17.3. The van der Waals surface area contributed by atoms with Gasteiger partial charge in [-0.25, -0.2) is 0 Å².